The number of amides is 1. The van der Waals surface area contributed by atoms with Crippen LogP contribution in [0.5, 0.6) is 5.75 Å². The second-order valence-corrected chi connectivity index (χ2v) is 8.80. The van der Waals surface area contributed by atoms with Crippen molar-refractivity contribution in [2.75, 3.05) is 13.1 Å². The van der Waals surface area contributed by atoms with Crippen molar-refractivity contribution in [3.05, 3.63) is 23.9 Å². The highest BCUT2D eigenvalue weighted by atomic mass is 16.6. The predicted molar refractivity (Wildman–Crippen MR) is 116 cm³/mol. The molecular formula is C23H35N3O3. The second kappa shape index (κ2) is 8.64. The van der Waals surface area contributed by atoms with Crippen LogP contribution in [0.25, 0.3) is 10.9 Å². The molecule has 0 spiro atoms. The molecule has 1 aliphatic carbocycles. The van der Waals surface area contributed by atoms with Gasteiger partial charge in [0.05, 0.1) is 17.7 Å². The SMILES string of the molecule is CC.Cc1cc2cn(C3CCN(C(=O)OC(C)(C)C)CC3)nc2cc1OC1CC1. The largest absolute Gasteiger partial charge is 0.490 e. The van der Waals surface area contributed by atoms with E-state index in [-0.39, 0.29) is 6.09 Å². The molecule has 1 saturated carbocycles. The molecule has 0 unspecified atom stereocenters. The van der Waals surface area contributed by atoms with Gasteiger partial charge < -0.3 is 14.4 Å². The van der Waals surface area contributed by atoms with Crippen molar-refractivity contribution in [2.24, 2.45) is 0 Å². The Labute approximate surface area is 174 Å². The van der Waals surface area contributed by atoms with E-state index in [1.165, 1.54) is 0 Å². The van der Waals surface area contributed by atoms with Gasteiger partial charge in [-0.15, -0.1) is 0 Å². The third-order valence-electron chi connectivity index (χ3n) is 5.13. The molecule has 0 atom stereocenters. The van der Waals surface area contributed by atoms with Gasteiger partial charge in [-0.1, -0.05) is 13.8 Å². The fourth-order valence-electron chi connectivity index (χ4n) is 3.50. The summed E-state index contributed by atoms with van der Waals surface area (Å²) in [5.41, 5.74) is 1.69. The third-order valence-corrected chi connectivity index (χ3v) is 5.13. The first-order chi connectivity index (χ1) is 13.8. The first kappa shape index (κ1) is 21.5. The van der Waals surface area contributed by atoms with Gasteiger partial charge in [-0.3, -0.25) is 4.68 Å². The highest BCUT2D eigenvalue weighted by molar-refractivity contribution is 5.81. The molecule has 160 valence electrons. The number of fused-ring (bicyclic) bond motifs is 1. The molecule has 29 heavy (non-hydrogen) atoms. The van der Waals surface area contributed by atoms with Crippen LogP contribution in [0.1, 0.15) is 71.9 Å². The van der Waals surface area contributed by atoms with Crippen LogP contribution >= 0.6 is 0 Å². The van der Waals surface area contributed by atoms with Crippen molar-refractivity contribution >= 4 is 17.0 Å². The summed E-state index contributed by atoms with van der Waals surface area (Å²) in [6.07, 6.45) is 6.38. The van der Waals surface area contributed by atoms with E-state index < -0.39 is 5.60 Å². The zero-order chi connectivity index (χ0) is 21.2. The second-order valence-electron chi connectivity index (χ2n) is 8.80. The highest BCUT2D eigenvalue weighted by Gasteiger charge is 2.28. The van der Waals surface area contributed by atoms with Crippen LogP contribution in [-0.2, 0) is 4.74 Å². The summed E-state index contributed by atoms with van der Waals surface area (Å²) in [6, 6.07) is 4.53. The molecule has 1 amide bonds. The average Bonchev–Trinajstić information content (AvgIpc) is 3.40. The number of benzene rings is 1. The van der Waals surface area contributed by atoms with E-state index in [2.05, 4.69) is 29.9 Å². The van der Waals surface area contributed by atoms with E-state index in [4.69, 9.17) is 14.6 Å². The number of hydrogen-bond acceptors (Lipinski definition) is 4. The number of aryl methyl sites for hydroxylation is 1. The maximum atomic E-state index is 12.2. The first-order valence-electron chi connectivity index (χ1n) is 10.9. The van der Waals surface area contributed by atoms with E-state index in [9.17, 15) is 4.79 Å². The van der Waals surface area contributed by atoms with E-state index in [0.717, 1.165) is 47.9 Å². The van der Waals surface area contributed by atoms with Crippen molar-refractivity contribution in [3.8, 4) is 5.75 Å². The molecule has 1 aromatic carbocycles. The molecule has 0 radical (unpaired) electrons. The quantitative estimate of drug-likeness (QED) is 0.683. The summed E-state index contributed by atoms with van der Waals surface area (Å²) in [7, 11) is 0. The van der Waals surface area contributed by atoms with Crippen LogP contribution in [0.15, 0.2) is 18.3 Å². The minimum atomic E-state index is -0.453. The molecule has 2 heterocycles. The van der Waals surface area contributed by atoms with Crippen LogP contribution in [0, 0.1) is 6.92 Å². The van der Waals surface area contributed by atoms with Crippen LogP contribution in [-0.4, -0.2) is 45.6 Å². The van der Waals surface area contributed by atoms with Crippen LogP contribution in [0.3, 0.4) is 0 Å². The summed E-state index contributed by atoms with van der Waals surface area (Å²) in [4.78, 5) is 14.0. The minimum Gasteiger partial charge on any atom is -0.490 e. The summed E-state index contributed by atoms with van der Waals surface area (Å²) in [6.45, 7) is 13.2. The monoisotopic (exact) mass is 401 g/mol. The zero-order valence-corrected chi connectivity index (χ0v) is 18.7. The Morgan fingerprint density at radius 3 is 2.34 bits per heavy atom. The molecule has 4 rings (SSSR count). The number of carbonyl (C=O) groups excluding carboxylic acids is 1. The Morgan fingerprint density at radius 1 is 1.10 bits per heavy atom. The van der Waals surface area contributed by atoms with E-state index in [1.54, 1.807) is 4.90 Å². The van der Waals surface area contributed by atoms with Gasteiger partial charge in [0.2, 0.25) is 0 Å². The fourth-order valence-corrected chi connectivity index (χ4v) is 3.50. The van der Waals surface area contributed by atoms with Crippen LogP contribution in [0.2, 0.25) is 0 Å². The van der Waals surface area contributed by atoms with Crippen molar-refractivity contribution in [2.45, 2.75) is 85.0 Å². The lowest BCUT2D eigenvalue weighted by molar-refractivity contribution is 0.0185. The predicted octanol–water partition coefficient (Wildman–Crippen LogP) is 5.48. The number of likely N-dealkylation sites (tertiary alicyclic amines) is 1. The number of nitrogens with zero attached hydrogens (tertiary/aromatic N) is 3. The lowest BCUT2D eigenvalue weighted by atomic mass is 10.1. The number of rotatable bonds is 3. The lowest BCUT2D eigenvalue weighted by Crippen LogP contribution is -2.42. The molecule has 1 aliphatic heterocycles. The molecule has 6 nitrogen and oxygen atoms in total. The Bertz CT molecular complexity index is 841. The Balaban J connectivity index is 0.00000117. The van der Waals surface area contributed by atoms with E-state index in [1.807, 2.05) is 34.6 Å². The summed E-state index contributed by atoms with van der Waals surface area (Å²) in [5, 5.41) is 5.94. The molecule has 1 saturated heterocycles. The summed E-state index contributed by atoms with van der Waals surface area (Å²) in [5.74, 6) is 0.954. The van der Waals surface area contributed by atoms with Crippen molar-refractivity contribution in [1.82, 2.24) is 14.7 Å². The van der Waals surface area contributed by atoms with E-state index >= 15 is 0 Å². The maximum absolute atomic E-state index is 12.2. The first-order valence-corrected chi connectivity index (χ1v) is 10.9. The molecule has 2 aliphatic rings. The van der Waals surface area contributed by atoms with Gasteiger partial charge in [-0.25, -0.2) is 4.79 Å². The van der Waals surface area contributed by atoms with Gasteiger partial charge in [0.25, 0.3) is 0 Å². The molecule has 0 N–H and O–H groups in total. The highest BCUT2D eigenvalue weighted by Crippen LogP contribution is 2.32. The normalized spacial score (nSPS) is 17.7. The van der Waals surface area contributed by atoms with Gasteiger partial charge in [-0.2, -0.15) is 5.10 Å². The van der Waals surface area contributed by atoms with Gasteiger partial charge in [-0.05, 0) is 65.0 Å². The molecule has 6 heteroatoms. The summed E-state index contributed by atoms with van der Waals surface area (Å²) >= 11 is 0. The van der Waals surface area contributed by atoms with Crippen molar-refractivity contribution in [3.63, 3.8) is 0 Å². The maximum Gasteiger partial charge on any atom is 0.410 e. The molecule has 0 bridgehead atoms. The van der Waals surface area contributed by atoms with Gasteiger partial charge in [0.15, 0.2) is 0 Å². The Hall–Kier alpha value is -2.24. The number of hydrogen-bond donors (Lipinski definition) is 0. The zero-order valence-electron chi connectivity index (χ0n) is 18.7. The number of ether oxygens (including phenoxy) is 2. The number of aromatic nitrogens is 2. The smallest absolute Gasteiger partial charge is 0.410 e. The van der Waals surface area contributed by atoms with Gasteiger partial charge in [0, 0.05) is 30.7 Å². The standard InChI is InChI=1S/C21H29N3O3.C2H6/c1-14-11-15-13-24(22-18(15)12-19(14)26-17-5-6-17)16-7-9-23(10-8-16)20(25)27-21(2,3)4;1-2/h11-13,16-17H,5-10H2,1-4H3;1-2H3. The average molecular weight is 402 g/mol. The molecule has 1 aromatic heterocycles. The van der Waals surface area contributed by atoms with Crippen LogP contribution < -0.4 is 4.74 Å². The Morgan fingerprint density at radius 2 is 1.76 bits per heavy atom. The van der Waals surface area contributed by atoms with Crippen molar-refractivity contribution in [1.29, 1.82) is 0 Å². The van der Waals surface area contributed by atoms with E-state index in [0.29, 0.717) is 25.2 Å². The minimum absolute atomic E-state index is 0.218. The Kier molecular flexibility index (Phi) is 6.39. The number of carbonyl (C=O) groups is 1. The summed E-state index contributed by atoms with van der Waals surface area (Å²) < 4.78 is 13.5. The van der Waals surface area contributed by atoms with Crippen molar-refractivity contribution < 1.29 is 14.3 Å². The third kappa shape index (κ3) is 5.43. The topological polar surface area (TPSA) is 56.6 Å². The molecule has 2 fully saturated rings. The van der Waals surface area contributed by atoms with Gasteiger partial charge >= 0.3 is 6.09 Å². The van der Waals surface area contributed by atoms with Gasteiger partial charge in [0.1, 0.15) is 11.4 Å². The number of piperidine rings is 1. The van der Waals surface area contributed by atoms with Crippen LogP contribution in [0.4, 0.5) is 4.79 Å². The fraction of sp³-hybridized carbons (Fsp3) is 0.652. The lowest BCUT2D eigenvalue weighted by Gasteiger charge is -2.33. The molecular weight excluding hydrogens is 366 g/mol. The molecule has 2 aromatic rings.